The quantitative estimate of drug-likeness (QED) is 0.748. The average molecular weight is 256 g/mol. The Hall–Kier alpha value is -0.830. The Balaban J connectivity index is 3.16. The summed E-state index contributed by atoms with van der Waals surface area (Å²) in [5.74, 6) is 1.30. The van der Waals surface area contributed by atoms with Crippen molar-refractivity contribution < 1.29 is 0 Å². The van der Waals surface area contributed by atoms with Crippen molar-refractivity contribution in [1.82, 2.24) is 9.97 Å². The Morgan fingerprint density at radius 2 is 1.82 bits per heavy atom. The van der Waals surface area contributed by atoms with Gasteiger partial charge in [0, 0.05) is 18.7 Å². The normalized spacial score (nSPS) is 11.3. The molecule has 0 saturated carbocycles. The Morgan fingerprint density at radius 3 is 2.29 bits per heavy atom. The highest BCUT2D eigenvalue weighted by atomic mass is 35.5. The van der Waals surface area contributed by atoms with E-state index in [2.05, 4.69) is 49.6 Å². The number of anilines is 1. The Morgan fingerprint density at radius 1 is 1.24 bits per heavy atom. The van der Waals surface area contributed by atoms with Crippen LogP contribution in [-0.4, -0.2) is 23.1 Å². The molecule has 0 aliphatic rings. The Bertz CT molecular complexity index is 362. The van der Waals surface area contributed by atoms with Crippen molar-refractivity contribution in [3.05, 3.63) is 17.0 Å². The van der Waals surface area contributed by atoms with Gasteiger partial charge in [0.2, 0.25) is 0 Å². The van der Waals surface area contributed by atoms with Crippen LogP contribution in [0, 0.1) is 0 Å². The second-order valence-corrected chi connectivity index (χ2v) is 5.00. The molecule has 0 radical (unpaired) electrons. The topological polar surface area (TPSA) is 29.0 Å². The molecule has 1 rings (SSSR count). The van der Waals surface area contributed by atoms with E-state index < -0.39 is 0 Å². The van der Waals surface area contributed by atoms with Gasteiger partial charge in [-0.15, -0.1) is 0 Å². The summed E-state index contributed by atoms with van der Waals surface area (Å²) >= 11 is 6.18. The second-order valence-electron chi connectivity index (χ2n) is 4.64. The SMILES string of the molecule is CCC(CC)N(C)c1ncnc(Cl)c1C(C)C. The van der Waals surface area contributed by atoms with Crippen molar-refractivity contribution in [3.63, 3.8) is 0 Å². The molecule has 4 heteroatoms. The van der Waals surface area contributed by atoms with Crippen molar-refractivity contribution in [1.29, 1.82) is 0 Å². The number of hydrogen-bond acceptors (Lipinski definition) is 3. The molecule has 0 fully saturated rings. The third kappa shape index (κ3) is 3.09. The minimum atomic E-state index is 0.329. The third-order valence-corrected chi connectivity index (χ3v) is 3.52. The van der Waals surface area contributed by atoms with Gasteiger partial charge in [0.05, 0.1) is 0 Å². The molecule has 0 saturated heterocycles. The summed E-state index contributed by atoms with van der Waals surface area (Å²) in [5, 5.41) is 0.572. The van der Waals surface area contributed by atoms with Crippen LogP contribution < -0.4 is 4.90 Å². The molecule has 0 unspecified atom stereocenters. The first kappa shape index (κ1) is 14.2. The summed E-state index contributed by atoms with van der Waals surface area (Å²) in [6.45, 7) is 8.63. The number of hydrogen-bond donors (Lipinski definition) is 0. The van der Waals surface area contributed by atoms with E-state index >= 15 is 0 Å². The van der Waals surface area contributed by atoms with Gasteiger partial charge in [-0.25, -0.2) is 9.97 Å². The molecule has 0 aromatic carbocycles. The largest absolute Gasteiger partial charge is 0.356 e. The average Bonchev–Trinajstić information content (AvgIpc) is 2.29. The molecule has 1 aromatic rings. The van der Waals surface area contributed by atoms with Crippen LogP contribution in [-0.2, 0) is 0 Å². The van der Waals surface area contributed by atoms with Gasteiger partial charge in [0.15, 0.2) is 0 Å². The van der Waals surface area contributed by atoms with E-state index in [1.165, 1.54) is 0 Å². The maximum absolute atomic E-state index is 6.18. The zero-order valence-corrected chi connectivity index (χ0v) is 12.1. The van der Waals surface area contributed by atoms with Gasteiger partial charge in [-0.3, -0.25) is 0 Å². The summed E-state index contributed by atoms with van der Waals surface area (Å²) in [6.07, 6.45) is 3.75. The number of nitrogens with zero attached hydrogens (tertiary/aromatic N) is 3. The van der Waals surface area contributed by atoms with Crippen molar-refractivity contribution >= 4 is 17.4 Å². The number of halogens is 1. The van der Waals surface area contributed by atoms with E-state index in [1.54, 1.807) is 6.33 Å². The lowest BCUT2D eigenvalue weighted by Gasteiger charge is -2.30. The Labute approximate surface area is 109 Å². The van der Waals surface area contributed by atoms with Crippen molar-refractivity contribution in [2.45, 2.75) is 52.5 Å². The second kappa shape index (κ2) is 6.20. The van der Waals surface area contributed by atoms with Crippen LogP contribution in [0.2, 0.25) is 5.15 Å². The highest BCUT2D eigenvalue weighted by Crippen LogP contribution is 2.31. The van der Waals surface area contributed by atoms with Crippen LogP contribution in [0.15, 0.2) is 6.33 Å². The lowest BCUT2D eigenvalue weighted by molar-refractivity contribution is 0.582. The molecule has 0 N–H and O–H groups in total. The molecule has 0 spiro atoms. The molecular formula is C13H22ClN3. The zero-order chi connectivity index (χ0) is 13.0. The minimum Gasteiger partial charge on any atom is -0.356 e. The molecule has 0 atom stereocenters. The van der Waals surface area contributed by atoms with Gasteiger partial charge in [-0.2, -0.15) is 0 Å². The maximum Gasteiger partial charge on any atom is 0.138 e. The first-order chi connectivity index (χ1) is 8.02. The molecule has 0 aliphatic heterocycles. The summed E-state index contributed by atoms with van der Waals surface area (Å²) < 4.78 is 0. The highest BCUT2D eigenvalue weighted by molar-refractivity contribution is 6.30. The van der Waals surface area contributed by atoms with Crippen molar-refractivity contribution in [3.8, 4) is 0 Å². The van der Waals surface area contributed by atoms with Gasteiger partial charge in [-0.1, -0.05) is 39.3 Å². The summed E-state index contributed by atoms with van der Waals surface area (Å²) in [6, 6.07) is 0.499. The van der Waals surface area contributed by atoms with Crippen LogP contribution >= 0.6 is 11.6 Å². The van der Waals surface area contributed by atoms with Crippen LogP contribution in [0.25, 0.3) is 0 Å². The monoisotopic (exact) mass is 255 g/mol. The summed E-state index contributed by atoms with van der Waals surface area (Å²) in [4.78, 5) is 10.7. The molecule has 96 valence electrons. The minimum absolute atomic E-state index is 0.329. The van der Waals surface area contributed by atoms with E-state index in [4.69, 9.17) is 11.6 Å². The molecule has 1 aromatic heterocycles. The van der Waals surface area contributed by atoms with Gasteiger partial charge in [-0.05, 0) is 18.8 Å². The fraction of sp³-hybridized carbons (Fsp3) is 0.692. The van der Waals surface area contributed by atoms with Crippen LogP contribution in [0.4, 0.5) is 5.82 Å². The van der Waals surface area contributed by atoms with E-state index in [0.717, 1.165) is 24.2 Å². The first-order valence-corrected chi connectivity index (χ1v) is 6.63. The summed E-state index contributed by atoms with van der Waals surface area (Å²) in [7, 11) is 2.09. The summed E-state index contributed by atoms with van der Waals surface area (Å²) in [5.41, 5.74) is 1.04. The third-order valence-electron chi connectivity index (χ3n) is 3.22. The van der Waals surface area contributed by atoms with Crippen LogP contribution in [0.3, 0.4) is 0 Å². The van der Waals surface area contributed by atoms with Crippen LogP contribution in [0.5, 0.6) is 0 Å². The van der Waals surface area contributed by atoms with E-state index in [9.17, 15) is 0 Å². The highest BCUT2D eigenvalue weighted by Gasteiger charge is 2.20. The smallest absolute Gasteiger partial charge is 0.138 e. The molecule has 0 amide bonds. The van der Waals surface area contributed by atoms with Crippen molar-refractivity contribution in [2.24, 2.45) is 0 Å². The van der Waals surface area contributed by atoms with E-state index in [-0.39, 0.29) is 0 Å². The van der Waals surface area contributed by atoms with Crippen LogP contribution in [0.1, 0.15) is 52.0 Å². The van der Waals surface area contributed by atoms with E-state index in [0.29, 0.717) is 17.1 Å². The molecule has 17 heavy (non-hydrogen) atoms. The lowest BCUT2D eigenvalue weighted by Crippen LogP contribution is -2.32. The number of rotatable bonds is 5. The predicted molar refractivity (Wildman–Crippen MR) is 73.9 cm³/mol. The molecular weight excluding hydrogens is 234 g/mol. The predicted octanol–water partition coefficient (Wildman–Crippen LogP) is 3.88. The lowest BCUT2D eigenvalue weighted by atomic mass is 10.0. The first-order valence-electron chi connectivity index (χ1n) is 6.26. The molecule has 1 heterocycles. The van der Waals surface area contributed by atoms with Gasteiger partial charge < -0.3 is 4.90 Å². The van der Waals surface area contributed by atoms with Gasteiger partial charge in [0.1, 0.15) is 17.3 Å². The fourth-order valence-corrected chi connectivity index (χ4v) is 2.50. The van der Waals surface area contributed by atoms with Gasteiger partial charge >= 0.3 is 0 Å². The van der Waals surface area contributed by atoms with E-state index in [1.807, 2.05) is 0 Å². The van der Waals surface area contributed by atoms with Crippen molar-refractivity contribution in [2.75, 3.05) is 11.9 Å². The maximum atomic E-state index is 6.18. The zero-order valence-electron chi connectivity index (χ0n) is 11.4. The fourth-order valence-electron chi connectivity index (χ4n) is 2.15. The Kier molecular flexibility index (Phi) is 5.19. The molecule has 3 nitrogen and oxygen atoms in total. The number of aromatic nitrogens is 2. The molecule has 0 bridgehead atoms. The molecule has 0 aliphatic carbocycles. The van der Waals surface area contributed by atoms with Gasteiger partial charge in [0.25, 0.3) is 0 Å². The standard InChI is InChI=1S/C13H22ClN3/c1-6-10(7-2)17(5)13-11(9(3)4)12(14)15-8-16-13/h8-10H,6-7H2,1-5H3.